The minimum atomic E-state index is 0.281. The molecular weight excluding hydrogens is 306 g/mol. The van der Waals surface area contributed by atoms with Gasteiger partial charge in [0.2, 0.25) is 6.79 Å². The molecule has 3 unspecified atom stereocenters. The van der Waals surface area contributed by atoms with Gasteiger partial charge in [0, 0.05) is 25.0 Å². The van der Waals surface area contributed by atoms with E-state index in [-0.39, 0.29) is 6.04 Å². The first-order valence-corrected chi connectivity index (χ1v) is 8.52. The molecule has 6 nitrogen and oxygen atoms in total. The molecule has 126 valence electrons. The van der Waals surface area contributed by atoms with E-state index >= 15 is 0 Å². The molecule has 4 heterocycles. The molecule has 2 aromatic rings. The van der Waals surface area contributed by atoms with E-state index in [0.717, 1.165) is 43.3 Å². The van der Waals surface area contributed by atoms with Crippen molar-refractivity contribution in [3.05, 3.63) is 47.9 Å². The summed E-state index contributed by atoms with van der Waals surface area (Å²) >= 11 is 0. The first-order valence-electron chi connectivity index (χ1n) is 8.52. The van der Waals surface area contributed by atoms with Gasteiger partial charge in [-0.3, -0.25) is 10.3 Å². The number of rotatable bonds is 3. The Morgan fingerprint density at radius 2 is 2.08 bits per heavy atom. The molecular formula is C18H21N3O3. The zero-order valence-corrected chi connectivity index (χ0v) is 13.4. The summed E-state index contributed by atoms with van der Waals surface area (Å²) < 4.78 is 16.5. The van der Waals surface area contributed by atoms with E-state index in [1.807, 2.05) is 18.2 Å². The Morgan fingerprint density at radius 3 is 3.00 bits per heavy atom. The second kappa shape index (κ2) is 5.81. The molecule has 2 N–H and O–H groups in total. The van der Waals surface area contributed by atoms with E-state index in [2.05, 4.69) is 27.9 Å². The Hall–Kier alpha value is -2.02. The van der Waals surface area contributed by atoms with Gasteiger partial charge in [0.15, 0.2) is 11.5 Å². The Morgan fingerprint density at radius 1 is 1.12 bits per heavy atom. The molecule has 0 bridgehead atoms. The van der Waals surface area contributed by atoms with Gasteiger partial charge in [-0.05, 0) is 36.2 Å². The van der Waals surface area contributed by atoms with Crippen LogP contribution >= 0.6 is 0 Å². The van der Waals surface area contributed by atoms with Gasteiger partial charge >= 0.3 is 0 Å². The number of fused-ring (bicyclic) bond motifs is 2. The summed E-state index contributed by atoms with van der Waals surface area (Å²) in [5, 5.41) is 0. The lowest BCUT2D eigenvalue weighted by Gasteiger charge is -2.35. The first-order chi connectivity index (χ1) is 11.9. The lowest BCUT2D eigenvalue weighted by atomic mass is 9.85. The van der Waals surface area contributed by atoms with Crippen LogP contribution < -0.4 is 20.3 Å². The van der Waals surface area contributed by atoms with Crippen molar-refractivity contribution in [1.29, 1.82) is 0 Å². The molecule has 6 heteroatoms. The quantitative estimate of drug-likeness (QED) is 0.900. The predicted molar refractivity (Wildman–Crippen MR) is 87.5 cm³/mol. The van der Waals surface area contributed by atoms with Crippen molar-refractivity contribution in [3.8, 4) is 11.5 Å². The smallest absolute Gasteiger partial charge is 0.231 e. The maximum atomic E-state index is 5.53. The number of hydrazine groups is 1. The van der Waals surface area contributed by atoms with E-state index in [9.17, 15) is 0 Å². The number of furan rings is 1. The van der Waals surface area contributed by atoms with Crippen LogP contribution in [0.4, 0.5) is 0 Å². The first kappa shape index (κ1) is 14.3. The van der Waals surface area contributed by atoms with E-state index in [1.54, 1.807) is 6.26 Å². The molecule has 3 aliphatic rings. The fourth-order valence-electron chi connectivity index (χ4n) is 4.08. The lowest BCUT2D eigenvalue weighted by molar-refractivity contribution is 0.139. The molecule has 0 radical (unpaired) electrons. The average Bonchev–Trinajstić information content (AvgIpc) is 3.34. The van der Waals surface area contributed by atoms with Gasteiger partial charge in [0.1, 0.15) is 5.76 Å². The van der Waals surface area contributed by atoms with Crippen LogP contribution in [0.1, 0.15) is 23.8 Å². The zero-order valence-electron chi connectivity index (χ0n) is 13.4. The molecule has 24 heavy (non-hydrogen) atoms. The van der Waals surface area contributed by atoms with Crippen molar-refractivity contribution in [1.82, 2.24) is 15.8 Å². The van der Waals surface area contributed by atoms with Crippen LogP contribution in [0.2, 0.25) is 0 Å². The molecule has 2 fully saturated rings. The van der Waals surface area contributed by atoms with Crippen molar-refractivity contribution >= 4 is 0 Å². The molecule has 1 aromatic heterocycles. The van der Waals surface area contributed by atoms with Crippen LogP contribution in [-0.4, -0.2) is 30.8 Å². The summed E-state index contributed by atoms with van der Waals surface area (Å²) in [6, 6.07) is 11.0. The number of benzene rings is 1. The van der Waals surface area contributed by atoms with Gasteiger partial charge in [-0.1, -0.05) is 6.07 Å². The number of nitrogens with one attached hydrogen (secondary N) is 2. The Bertz CT molecular complexity index is 718. The number of likely N-dealkylation sites (tertiary alicyclic amines) is 1. The minimum Gasteiger partial charge on any atom is -0.468 e. The second-order valence-electron chi connectivity index (χ2n) is 6.75. The highest BCUT2D eigenvalue weighted by Gasteiger charge is 2.40. The maximum Gasteiger partial charge on any atom is 0.231 e. The Balaban J connectivity index is 1.34. The largest absolute Gasteiger partial charge is 0.468 e. The molecule has 1 aromatic carbocycles. The third-order valence-corrected chi connectivity index (χ3v) is 5.31. The van der Waals surface area contributed by atoms with Crippen molar-refractivity contribution in [2.45, 2.75) is 25.0 Å². The van der Waals surface area contributed by atoms with Gasteiger partial charge < -0.3 is 13.9 Å². The maximum absolute atomic E-state index is 5.53. The fraction of sp³-hybridized carbons (Fsp3) is 0.444. The SMILES string of the molecule is c1coc(CN2CCC3NNC(c4ccc5c(c4)OCO5)C3C2)c1. The lowest BCUT2D eigenvalue weighted by Crippen LogP contribution is -2.45. The van der Waals surface area contributed by atoms with Gasteiger partial charge in [-0.15, -0.1) is 0 Å². The molecule has 3 aliphatic heterocycles. The van der Waals surface area contributed by atoms with Gasteiger partial charge in [-0.25, -0.2) is 5.43 Å². The van der Waals surface area contributed by atoms with Crippen LogP contribution in [-0.2, 0) is 6.54 Å². The van der Waals surface area contributed by atoms with E-state index in [4.69, 9.17) is 13.9 Å². The van der Waals surface area contributed by atoms with Crippen molar-refractivity contribution in [3.63, 3.8) is 0 Å². The van der Waals surface area contributed by atoms with Crippen LogP contribution in [0.3, 0.4) is 0 Å². The zero-order chi connectivity index (χ0) is 15.9. The molecule has 0 aliphatic carbocycles. The van der Waals surface area contributed by atoms with Crippen LogP contribution in [0, 0.1) is 5.92 Å². The molecule has 3 atom stereocenters. The number of ether oxygens (including phenoxy) is 2. The average molecular weight is 327 g/mol. The summed E-state index contributed by atoms with van der Waals surface area (Å²) in [6.07, 6.45) is 2.88. The van der Waals surface area contributed by atoms with Gasteiger partial charge in [0.05, 0.1) is 18.8 Å². The Kier molecular flexibility index (Phi) is 3.47. The van der Waals surface area contributed by atoms with Crippen LogP contribution in [0.25, 0.3) is 0 Å². The van der Waals surface area contributed by atoms with Gasteiger partial charge in [-0.2, -0.15) is 0 Å². The molecule has 0 amide bonds. The van der Waals surface area contributed by atoms with Gasteiger partial charge in [0.25, 0.3) is 0 Å². The monoisotopic (exact) mass is 327 g/mol. The minimum absolute atomic E-state index is 0.281. The van der Waals surface area contributed by atoms with Crippen molar-refractivity contribution < 1.29 is 13.9 Å². The summed E-state index contributed by atoms with van der Waals surface area (Å²) in [6.45, 7) is 3.33. The van der Waals surface area contributed by atoms with E-state index in [1.165, 1.54) is 5.56 Å². The summed E-state index contributed by atoms with van der Waals surface area (Å²) in [5.74, 6) is 3.24. The van der Waals surface area contributed by atoms with Crippen molar-refractivity contribution in [2.75, 3.05) is 19.9 Å². The number of hydrogen-bond donors (Lipinski definition) is 2. The predicted octanol–water partition coefficient (Wildman–Crippen LogP) is 2.05. The van der Waals surface area contributed by atoms with E-state index < -0.39 is 0 Å². The highest BCUT2D eigenvalue weighted by Crippen LogP contribution is 2.39. The third-order valence-electron chi connectivity index (χ3n) is 5.31. The highest BCUT2D eigenvalue weighted by molar-refractivity contribution is 5.45. The van der Waals surface area contributed by atoms with Crippen LogP contribution in [0.15, 0.2) is 41.0 Å². The highest BCUT2D eigenvalue weighted by atomic mass is 16.7. The van der Waals surface area contributed by atoms with Crippen molar-refractivity contribution in [2.24, 2.45) is 5.92 Å². The third kappa shape index (κ3) is 2.47. The standard InChI is InChI=1S/C18H21N3O3/c1-2-13(22-7-1)9-21-6-5-15-14(10-21)18(20-19-15)12-3-4-16-17(8-12)24-11-23-16/h1-4,7-8,14-15,18-20H,5-6,9-11H2. The number of piperidine rings is 1. The summed E-state index contributed by atoms with van der Waals surface area (Å²) in [7, 11) is 0. The second-order valence-corrected chi connectivity index (χ2v) is 6.75. The molecule has 0 spiro atoms. The Labute approximate surface area is 140 Å². The molecule has 5 rings (SSSR count). The van der Waals surface area contributed by atoms with Crippen LogP contribution in [0.5, 0.6) is 11.5 Å². The summed E-state index contributed by atoms with van der Waals surface area (Å²) in [4.78, 5) is 2.48. The fourth-order valence-corrected chi connectivity index (χ4v) is 4.08. The normalized spacial score (nSPS) is 28.9. The van der Waals surface area contributed by atoms with E-state index in [0.29, 0.717) is 18.8 Å². The molecule has 2 saturated heterocycles. The number of hydrogen-bond acceptors (Lipinski definition) is 6. The molecule has 0 saturated carbocycles. The number of nitrogens with zero attached hydrogens (tertiary/aromatic N) is 1. The topological polar surface area (TPSA) is 58.9 Å². The summed E-state index contributed by atoms with van der Waals surface area (Å²) in [5.41, 5.74) is 8.22.